The maximum Gasteiger partial charge on any atom is 0.262 e. The van der Waals surface area contributed by atoms with Gasteiger partial charge in [0.1, 0.15) is 0 Å². The number of hydrogen-bond donors (Lipinski definition) is 2. The second kappa shape index (κ2) is 8.23. The van der Waals surface area contributed by atoms with Crippen LogP contribution in [0.3, 0.4) is 0 Å². The third kappa shape index (κ3) is 4.98. The molecule has 3 rings (SSSR count). The van der Waals surface area contributed by atoms with Crippen molar-refractivity contribution in [2.24, 2.45) is 0 Å². The van der Waals surface area contributed by atoms with E-state index in [4.69, 9.17) is 14.7 Å². The normalized spacial score (nSPS) is 12.6. The molecule has 0 atom stereocenters. The molecule has 0 bridgehead atoms. The summed E-state index contributed by atoms with van der Waals surface area (Å²) in [6, 6.07) is 13.7. The SMILES string of the molecule is COc1cc(C#N)ccc1OCC(=O)Nc1cccc(C(=O)NC2CC2)c1. The number of hydrogen-bond acceptors (Lipinski definition) is 5. The number of anilines is 1. The summed E-state index contributed by atoms with van der Waals surface area (Å²) in [6.45, 7) is -0.235. The van der Waals surface area contributed by atoms with Crippen molar-refractivity contribution in [2.75, 3.05) is 19.0 Å². The Morgan fingerprint density at radius 3 is 2.70 bits per heavy atom. The van der Waals surface area contributed by atoms with E-state index in [1.54, 1.807) is 36.4 Å². The number of rotatable bonds is 7. The summed E-state index contributed by atoms with van der Waals surface area (Å²) in [5, 5.41) is 14.5. The van der Waals surface area contributed by atoms with Crippen LogP contribution in [-0.2, 0) is 4.79 Å². The quantitative estimate of drug-likeness (QED) is 0.785. The summed E-state index contributed by atoms with van der Waals surface area (Å²) in [5.41, 5.74) is 1.44. The first kappa shape index (κ1) is 18.3. The Morgan fingerprint density at radius 2 is 2.00 bits per heavy atom. The van der Waals surface area contributed by atoms with Crippen LogP contribution in [0.15, 0.2) is 42.5 Å². The zero-order valence-electron chi connectivity index (χ0n) is 14.8. The van der Waals surface area contributed by atoms with E-state index in [1.807, 2.05) is 6.07 Å². The van der Waals surface area contributed by atoms with E-state index in [0.717, 1.165) is 12.8 Å². The maximum absolute atomic E-state index is 12.1. The van der Waals surface area contributed by atoms with E-state index in [-0.39, 0.29) is 24.5 Å². The summed E-state index contributed by atoms with van der Waals surface area (Å²) >= 11 is 0. The molecule has 7 heteroatoms. The molecule has 0 spiro atoms. The zero-order valence-corrected chi connectivity index (χ0v) is 14.8. The highest BCUT2D eigenvalue weighted by Gasteiger charge is 2.23. The van der Waals surface area contributed by atoms with Gasteiger partial charge >= 0.3 is 0 Å². The minimum Gasteiger partial charge on any atom is -0.493 e. The number of nitriles is 1. The Morgan fingerprint density at radius 1 is 1.19 bits per heavy atom. The van der Waals surface area contributed by atoms with Gasteiger partial charge < -0.3 is 20.1 Å². The topological polar surface area (TPSA) is 100 Å². The number of ether oxygens (including phenoxy) is 2. The van der Waals surface area contributed by atoms with E-state index in [1.165, 1.54) is 13.2 Å². The Balaban J connectivity index is 1.58. The molecule has 0 saturated heterocycles. The molecule has 0 heterocycles. The second-order valence-corrected chi connectivity index (χ2v) is 6.14. The average molecular weight is 365 g/mol. The molecule has 0 aromatic heterocycles. The summed E-state index contributed by atoms with van der Waals surface area (Å²) in [6.07, 6.45) is 2.02. The Labute approximate surface area is 156 Å². The van der Waals surface area contributed by atoms with Crippen LogP contribution in [0, 0.1) is 11.3 Å². The molecule has 27 heavy (non-hydrogen) atoms. The van der Waals surface area contributed by atoms with Gasteiger partial charge in [-0.25, -0.2) is 0 Å². The third-order valence-corrected chi connectivity index (χ3v) is 3.97. The first-order valence-corrected chi connectivity index (χ1v) is 8.51. The fourth-order valence-corrected chi connectivity index (χ4v) is 2.43. The molecule has 1 saturated carbocycles. The van der Waals surface area contributed by atoms with Crippen LogP contribution in [0.1, 0.15) is 28.8 Å². The molecule has 0 radical (unpaired) electrons. The van der Waals surface area contributed by atoms with E-state index in [0.29, 0.717) is 28.3 Å². The van der Waals surface area contributed by atoms with Gasteiger partial charge in [0.25, 0.3) is 11.8 Å². The van der Waals surface area contributed by atoms with Crippen molar-refractivity contribution in [3.8, 4) is 17.6 Å². The molecule has 2 aromatic rings. The highest BCUT2D eigenvalue weighted by atomic mass is 16.5. The molecule has 0 aliphatic heterocycles. The van der Waals surface area contributed by atoms with Gasteiger partial charge in [0, 0.05) is 23.4 Å². The first-order chi connectivity index (χ1) is 13.1. The largest absolute Gasteiger partial charge is 0.493 e. The Hall–Kier alpha value is -3.53. The maximum atomic E-state index is 12.1. The van der Waals surface area contributed by atoms with Crippen molar-refractivity contribution >= 4 is 17.5 Å². The lowest BCUT2D eigenvalue weighted by Crippen LogP contribution is -2.25. The predicted octanol–water partition coefficient (Wildman–Crippen LogP) is 2.48. The van der Waals surface area contributed by atoms with Crippen LogP contribution in [0.5, 0.6) is 11.5 Å². The molecule has 2 N–H and O–H groups in total. The number of amides is 2. The van der Waals surface area contributed by atoms with E-state index < -0.39 is 0 Å². The molecule has 7 nitrogen and oxygen atoms in total. The van der Waals surface area contributed by atoms with Crippen molar-refractivity contribution in [1.82, 2.24) is 5.32 Å². The van der Waals surface area contributed by atoms with Crippen LogP contribution in [0.4, 0.5) is 5.69 Å². The summed E-state index contributed by atoms with van der Waals surface area (Å²) < 4.78 is 10.6. The number of carbonyl (C=O) groups is 2. The number of methoxy groups -OCH3 is 1. The lowest BCUT2D eigenvalue weighted by molar-refractivity contribution is -0.118. The number of nitrogens with one attached hydrogen (secondary N) is 2. The van der Waals surface area contributed by atoms with Gasteiger partial charge in [-0.05, 0) is 43.2 Å². The third-order valence-electron chi connectivity index (χ3n) is 3.97. The van der Waals surface area contributed by atoms with Crippen molar-refractivity contribution in [2.45, 2.75) is 18.9 Å². The van der Waals surface area contributed by atoms with Crippen molar-refractivity contribution in [3.63, 3.8) is 0 Å². The van der Waals surface area contributed by atoms with Crippen LogP contribution in [0.2, 0.25) is 0 Å². The van der Waals surface area contributed by atoms with Gasteiger partial charge in [-0.15, -0.1) is 0 Å². The second-order valence-electron chi connectivity index (χ2n) is 6.14. The molecule has 0 unspecified atom stereocenters. The average Bonchev–Trinajstić information content (AvgIpc) is 3.50. The van der Waals surface area contributed by atoms with E-state index in [9.17, 15) is 9.59 Å². The minimum absolute atomic E-state index is 0.146. The molecule has 1 fully saturated rings. The summed E-state index contributed by atoms with van der Waals surface area (Å²) in [4.78, 5) is 24.2. The number of carbonyl (C=O) groups excluding carboxylic acids is 2. The first-order valence-electron chi connectivity index (χ1n) is 8.51. The van der Waals surface area contributed by atoms with Crippen LogP contribution in [-0.4, -0.2) is 31.6 Å². The Bertz CT molecular complexity index is 900. The summed E-state index contributed by atoms with van der Waals surface area (Å²) in [5.74, 6) is 0.220. The molecule has 2 aromatic carbocycles. The lowest BCUT2D eigenvalue weighted by atomic mass is 10.2. The number of nitrogens with zero attached hydrogens (tertiary/aromatic N) is 1. The molecular formula is C20H19N3O4. The van der Waals surface area contributed by atoms with Crippen LogP contribution < -0.4 is 20.1 Å². The molecule has 1 aliphatic rings. The molecule has 2 amide bonds. The van der Waals surface area contributed by atoms with Crippen LogP contribution >= 0.6 is 0 Å². The molecule has 1 aliphatic carbocycles. The van der Waals surface area contributed by atoms with Gasteiger partial charge in [0.05, 0.1) is 18.7 Å². The van der Waals surface area contributed by atoms with Crippen molar-refractivity contribution in [3.05, 3.63) is 53.6 Å². The van der Waals surface area contributed by atoms with Crippen LogP contribution in [0.25, 0.3) is 0 Å². The predicted molar refractivity (Wildman–Crippen MR) is 98.8 cm³/mol. The van der Waals surface area contributed by atoms with E-state index >= 15 is 0 Å². The zero-order chi connectivity index (χ0) is 19.2. The van der Waals surface area contributed by atoms with Crippen molar-refractivity contribution in [1.29, 1.82) is 5.26 Å². The van der Waals surface area contributed by atoms with Gasteiger partial charge in [-0.1, -0.05) is 6.07 Å². The van der Waals surface area contributed by atoms with Gasteiger partial charge in [0.2, 0.25) is 0 Å². The molecular weight excluding hydrogens is 346 g/mol. The minimum atomic E-state index is -0.374. The van der Waals surface area contributed by atoms with Crippen molar-refractivity contribution < 1.29 is 19.1 Å². The van der Waals surface area contributed by atoms with Gasteiger partial charge in [-0.2, -0.15) is 5.26 Å². The lowest BCUT2D eigenvalue weighted by Gasteiger charge is -2.11. The standard InChI is InChI=1S/C20H19N3O4/c1-26-18-9-13(11-21)5-8-17(18)27-12-19(24)22-16-4-2-3-14(10-16)20(25)23-15-6-7-15/h2-5,8-10,15H,6-7,12H2,1H3,(H,22,24)(H,23,25). The smallest absolute Gasteiger partial charge is 0.262 e. The highest BCUT2D eigenvalue weighted by Crippen LogP contribution is 2.27. The summed E-state index contributed by atoms with van der Waals surface area (Å²) in [7, 11) is 1.46. The van der Waals surface area contributed by atoms with Gasteiger partial charge in [0.15, 0.2) is 18.1 Å². The molecule has 138 valence electrons. The fourth-order valence-electron chi connectivity index (χ4n) is 2.43. The number of benzene rings is 2. The monoisotopic (exact) mass is 365 g/mol. The Kier molecular flexibility index (Phi) is 5.57. The van der Waals surface area contributed by atoms with E-state index in [2.05, 4.69) is 10.6 Å². The fraction of sp³-hybridized carbons (Fsp3) is 0.250. The highest BCUT2D eigenvalue weighted by molar-refractivity contribution is 5.97. The van der Waals surface area contributed by atoms with Gasteiger partial charge in [-0.3, -0.25) is 9.59 Å².